The van der Waals surface area contributed by atoms with E-state index in [0.717, 1.165) is 69.3 Å². The fourth-order valence-electron chi connectivity index (χ4n) is 3.78. The summed E-state index contributed by atoms with van der Waals surface area (Å²) in [5, 5.41) is 0.787. The Balaban J connectivity index is 1.56. The molecule has 2 heterocycles. The zero-order valence-electron chi connectivity index (χ0n) is 14.0. The molecule has 126 valence electrons. The van der Waals surface area contributed by atoms with Gasteiger partial charge in [-0.05, 0) is 55.8 Å². The van der Waals surface area contributed by atoms with E-state index < -0.39 is 0 Å². The van der Waals surface area contributed by atoms with Crippen molar-refractivity contribution in [1.29, 1.82) is 0 Å². The van der Waals surface area contributed by atoms with E-state index in [1.54, 1.807) is 0 Å². The summed E-state index contributed by atoms with van der Waals surface area (Å²) in [6, 6.07) is 8.05. The summed E-state index contributed by atoms with van der Waals surface area (Å²) in [5.41, 5.74) is 1.23. The molecule has 0 saturated carbocycles. The number of hydrogen-bond acceptors (Lipinski definition) is 2. The maximum Gasteiger partial charge on any atom is 0.226 e. The lowest BCUT2D eigenvalue weighted by molar-refractivity contribution is -0.138. The Bertz CT molecular complexity index is 540. The molecule has 23 heavy (non-hydrogen) atoms. The van der Waals surface area contributed by atoms with Crippen molar-refractivity contribution in [2.75, 3.05) is 26.2 Å². The van der Waals surface area contributed by atoms with E-state index in [4.69, 9.17) is 11.6 Å². The Hall–Kier alpha value is -1.06. The van der Waals surface area contributed by atoms with Gasteiger partial charge in [0.1, 0.15) is 0 Å². The number of hydrogen-bond donors (Lipinski definition) is 0. The first-order chi connectivity index (χ1) is 11.1. The van der Waals surface area contributed by atoms with Gasteiger partial charge in [-0.2, -0.15) is 0 Å². The van der Waals surface area contributed by atoms with Crippen molar-refractivity contribution in [2.24, 2.45) is 11.8 Å². The maximum atomic E-state index is 12.8. The minimum Gasteiger partial charge on any atom is -0.342 e. The van der Waals surface area contributed by atoms with Crippen LogP contribution in [0.5, 0.6) is 0 Å². The number of nitrogens with zero attached hydrogens (tertiary/aromatic N) is 2. The summed E-state index contributed by atoms with van der Waals surface area (Å²) in [6.07, 6.45) is 4.47. The van der Waals surface area contributed by atoms with Crippen molar-refractivity contribution in [2.45, 2.75) is 39.2 Å². The molecule has 0 aliphatic carbocycles. The van der Waals surface area contributed by atoms with Crippen LogP contribution in [-0.4, -0.2) is 41.9 Å². The molecule has 3 nitrogen and oxygen atoms in total. The number of halogens is 1. The van der Waals surface area contributed by atoms with Gasteiger partial charge in [-0.1, -0.05) is 30.7 Å². The van der Waals surface area contributed by atoms with Crippen LogP contribution < -0.4 is 0 Å². The van der Waals surface area contributed by atoms with Crippen molar-refractivity contribution in [3.8, 4) is 0 Å². The van der Waals surface area contributed by atoms with Crippen molar-refractivity contribution >= 4 is 17.5 Å². The number of likely N-dealkylation sites (tertiary alicyclic amines) is 2. The zero-order chi connectivity index (χ0) is 16.2. The topological polar surface area (TPSA) is 23.6 Å². The normalized spacial score (nSPS) is 23.9. The zero-order valence-corrected chi connectivity index (χ0v) is 14.8. The second-order valence-corrected chi connectivity index (χ2v) is 7.65. The van der Waals surface area contributed by atoms with Gasteiger partial charge >= 0.3 is 0 Å². The summed E-state index contributed by atoms with van der Waals surface area (Å²) in [7, 11) is 0. The fourth-order valence-corrected chi connectivity index (χ4v) is 3.99. The Labute approximate surface area is 144 Å². The number of benzene rings is 1. The first kappa shape index (κ1) is 16.8. The van der Waals surface area contributed by atoms with Crippen LogP contribution in [0.2, 0.25) is 5.02 Å². The van der Waals surface area contributed by atoms with Crippen molar-refractivity contribution in [1.82, 2.24) is 9.80 Å². The molecule has 1 unspecified atom stereocenters. The fraction of sp³-hybridized carbons (Fsp3) is 0.632. The summed E-state index contributed by atoms with van der Waals surface area (Å²) in [6.45, 7) is 7.04. The van der Waals surface area contributed by atoms with Gasteiger partial charge in [-0.3, -0.25) is 9.69 Å². The minimum absolute atomic E-state index is 0.177. The van der Waals surface area contributed by atoms with Crippen LogP contribution >= 0.6 is 11.6 Å². The van der Waals surface area contributed by atoms with Crippen molar-refractivity contribution in [3.05, 3.63) is 34.9 Å². The number of piperidine rings is 2. The third-order valence-electron chi connectivity index (χ3n) is 5.25. The molecule has 2 aliphatic rings. The lowest BCUT2D eigenvalue weighted by atomic mass is 9.93. The Morgan fingerprint density at radius 2 is 2.00 bits per heavy atom. The SMILES string of the molecule is CC1CCN(C(=O)C2CCCN(Cc3cccc(Cl)c3)C2)CC1. The lowest BCUT2D eigenvalue weighted by Gasteiger charge is -2.37. The maximum absolute atomic E-state index is 12.8. The molecule has 1 aromatic carbocycles. The molecule has 1 aromatic rings. The van der Waals surface area contributed by atoms with Gasteiger partial charge in [0.2, 0.25) is 5.91 Å². The van der Waals surface area contributed by atoms with Crippen LogP contribution in [0.3, 0.4) is 0 Å². The smallest absolute Gasteiger partial charge is 0.226 e. The highest BCUT2D eigenvalue weighted by Crippen LogP contribution is 2.24. The van der Waals surface area contributed by atoms with Gasteiger partial charge < -0.3 is 4.90 Å². The highest BCUT2D eigenvalue weighted by Gasteiger charge is 2.30. The van der Waals surface area contributed by atoms with Crippen molar-refractivity contribution < 1.29 is 4.79 Å². The van der Waals surface area contributed by atoms with Gasteiger partial charge in [-0.15, -0.1) is 0 Å². The molecule has 3 rings (SSSR count). The van der Waals surface area contributed by atoms with Crippen LogP contribution in [0.4, 0.5) is 0 Å². The van der Waals surface area contributed by atoms with Gasteiger partial charge in [-0.25, -0.2) is 0 Å². The summed E-state index contributed by atoms with van der Waals surface area (Å²) in [4.78, 5) is 17.3. The van der Waals surface area contributed by atoms with Crippen LogP contribution in [0.15, 0.2) is 24.3 Å². The average molecular weight is 335 g/mol. The molecule has 2 fully saturated rings. The molecule has 4 heteroatoms. The molecule has 0 spiro atoms. The standard InChI is InChI=1S/C19H27ClN2O/c1-15-7-10-22(11-8-15)19(23)17-5-3-9-21(14-17)13-16-4-2-6-18(20)12-16/h2,4,6,12,15,17H,3,5,7-11,13-14H2,1H3. The molecule has 2 saturated heterocycles. The predicted molar refractivity (Wildman–Crippen MR) is 94.4 cm³/mol. The molecule has 0 aromatic heterocycles. The summed E-state index contributed by atoms with van der Waals surface area (Å²) in [5.74, 6) is 1.33. The molecule has 2 aliphatic heterocycles. The second kappa shape index (κ2) is 7.67. The molecular formula is C19H27ClN2O. The van der Waals surface area contributed by atoms with Crippen molar-refractivity contribution in [3.63, 3.8) is 0 Å². The van der Waals surface area contributed by atoms with Gasteiger partial charge in [0, 0.05) is 31.2 Å². The van der Waals surface area contributed by atoms with Gasteiger partial charge in [0.15, 0.2) is 0 Å². The van der Waals surface area contributed by atoms with Crippen LogP contribution in [0, 0.1) is 11.8 Å². The largest absolute Gasteiger partial charge is 0.342 e. The first-order valence-electron chi connectivity index (χ1n) is 8.87. The number of amides is 1. The summed E-state index contributed by atoms with van der Waals surface area (Å²) >= 11 is 6.08. The Morgan fingerprint density at radius 3 is 2.74 bits per heavy atom. The molecule has 1 atom stereocenters. The number of rotatable bonds is 3. The molecule has 0 radical (unpaired) electrons. The minimum atomic E-state index is 0.177. The van der Waals surface area contributed by atoms with E-state index in [9.17, 15) is 4.79 Å². The van der Waals surface area contributed by atoms with E-state index in [1.807, 2.05) is 18.2 Å². The van der Waals surface area contributed by atoms with Gasteiger partial charge in [0.05, 0.1) is 5.92 Å². The van der Waals surface area contributed by atoms with Crippen LogP contribution in [-0.2, 0) is 11.3 Å². The summed E-state index contributed by atoms with van der Waals surface area (Å²) < 4.78 is 0. The van der Waals surface area contributed by atoms with E-state index in [-0.39, 0.29) is 5.92 Å². The third-order valence-corrected chi connectivity index (χ3v) is 5.48. The van der Waals surface area contributed by atoms with Crippen LogP contribution in [0.1, 0.15) is 38.2 Å². The third kappa shape index (κ3) is 4.48. The van der Waals surface area contributed by atoms with E-state index in [2.05, 4.69) is 22.8 Å². The first-order valence-corrected chi connectivity index (χ1v) is 9.25. The highest BCUT2D eigenvalue weighted by atomic mass is 35.5. The second-order valence-electron chi connectivity index (χ2n) is 7.21. The molecule has 0 bridgehead atoms. The Kier molecular flexibility index (Phi) is 5.60. The molecule has 1 amide bonds. The number of carbonyl (C=O) groups is 1. The average Bonchev–Trinajstić information content (AvgIpc) is 2.55. The predicted octanol–water partition coefficient (Wildman–Crippen LogP) is 3.81. The highest BCUT2D eigenvalue weighted by molar-refractivity contribution is 6.30. The van der Waals surface area contributed by atoms with E-state index in [0.29, 0.717) is 5.91 Å². The van der Waals surface area contributed by atoms with Crippen LogP contribution in [0.25, 0.3) is 0 Å². The van der Waals surface area contributed by atoms with Gasteiger partial charge in [0.25, 0.3) is 0 Å². The Morgan fingerprint density at radius 1 is 1.22 bits per heavy atom. The van der Waals surface area contributed by atoms with E-state index in [1.165, 1.54) is 5.56 Å². The monoisotopic (exact) mass is 334 g/mol. The molecule has 0 N–H and O–H groups in total. The quantitative estimate of drug-likeness (QED) is 0.839. The lowest BCUT2D eigenvalue weighted by Crippen LogP contribution is -2.46. The molecular weight excluding hydrogens is 308 g/mol. The number of carbonyl (C=O) groups excluding carboxylic acids is 1. The van der Waals surface area contributed by atoms with E-state index >= 15 is 0 Å².